The molecular weight excluding hydrogens is 344 g/mol. The normalized spacial score (nSPS) is 15.3. The Morgan fingerprint density at radius 3 is 2.22 bits per heavy atom. The molecule has 0 fully saturated rings. The van der Waals surface area contributed by atoms with E-state index in [0.29, 0.717) is 17.2 Å². The number of hydrogen-bond acceptors (Lipinski definition) is 5. The largest absolute Gasteiger partial charge is 0.497 e. The first-order valence-electron chi connectivity index (χ1n) is 8.45. The third kappa shape index (κ3) is 3.17. The van der Waals surface area contributed by atoms with Gasteiger partial charge < -0.3 is 19.2 Å². The van der Waals surface area contributed by atoms with Crippen LogP contribution in [-0.2, 0) is 0 Å². The van der Waals surface area contributed by atoms with Crippen LogP contribution >= 0.6 is 0 Å². The van der Waals surface area contributed by atoms with E-state index in [9.17, 15) is 4.79 Å². The maximum absolute atomic E-state index is 12.5. The van der Waals surface area contributed by atoms with Crippen molar-refractivity contribution in [3.63, 3.8) is 0 Å². The summed E-state index contributed by atoms with van der Waals surface area (Å²) in [6, 6.07) is 15.2. The highest BCUT2D eigenvalue weighted by Gasteiger charge is 2.28. The van der Waals surface area contributed by atoms with Crippen molar-refractivity contribution in [2.24, 2.45) is 0 Å². The minimum Gasteiger partial charge on any atom is -0.497 e. The minimum atomic E-state index is -0.283. The highest BCUT2D eigenvalue weighted by atomic mass is 16.5. The van der Waals surface area contributed by atoms with E-state index in [-0.39, 0.29) is 11.5 Å². The van der Waals surface area contributed by atoms with Gasteiger partial charge in [0.1, 0.15) is 17.3 Å². The van der Waals surface area contributed by atoms with E-state index in [2.05, 4.69) is 9.97 Å². The average molecular weight is 362 g/mol. The first-order valence-corrected chi connectivity index (χ1v) is 8.45. The number of H-pyrrole nitrogens is 1. The molecule has 0 amide bonds. The number of nitrogens with zero attached hydrogens (tertiary/aromatic N) is 1. The van der Waals surface area contributed by atoms with Crippen molar-refractivity contribution < 1.29 is 14.2 Å². The minimum absolute atomic E-state index is 0.217. The van der Waals surface area contributed by atoms with Crippen LogP contribution in [0.1, 0.15) is 22.6 Å². The second-order valence-corrected chi connectivity index (χ2v) is 6.06. The number of fused-ring (bicyclic) bond motifs is 1. The molecule has 6 nitrogen and oxygen atoms in total. The molecule has 0 spiro atoms. The molecule has 1 unspecified atom stereocenters. The molecule has 2 aromatic carbocycles. The molecule has 0 radical (unpaired) electrons. The highest BCUT2D eigenvalue weighted by molar-refractivity contribution is 5.67. The predicted octanol–water partition coefficient (Wildman–Crippen LogP) is 3.35. The topological polar surface area (TPSA) is 73.4 Å². The molecule has 1 N–H and O–H groups in total. The summed E-state index contributed by atoms with van der Waals surface area (Å²) >= 11 is 0. The Labute approximate surface area is 156 Å². The smallest absolute Gasteiger partial charge is 0.258 e. The van der Waals surface area contributed by atoms with Crippen LogP contribution in [0.5, 0.6) is 17.4 Å². The Bertz CT molecular complexity index is 1040. The molecule has 1 aliphatic heterocycles. The summed E-state index contributed by atoms with van der Waals surface area (Å²) in [5.41, 5.74) is 2.10. The fourth-order valence-electron chi connectivity index (χ4n) is 3.11. The quantitative estimate of drug-likeness (QED) is 0.770. The second kappa shape index (κ2) is 6.99. The number of aromatic nitrogens is 2. The third-order valence-electron chi connectivity index (χ3n) is 4.54. The standard InChI is InChI=1S/C21H18N2O4/c1-25-15-7-3-13(4-8-15)17-11-18(14-5-9-16(26-2)10-6-14)27-21-19(17)20(24)22-12-23-21/h3-12,17H,1-2H3,(H,22,23,24). The molecule has 2 heterocycles. The number of ether oxygens (including phenoxy) is 3. The molecule has 3 aromatic rings. The van der Waals surface area contributed by atoms with E-state index in [4.69, 9.17) is 14.2 Å². The van der Waals surface area contributed by atoms with Gasteiger partial charge in [0.15, 0.2) is 0 Å². The van der Waals surface area contributed by atoms with Gasteiger partial charge in [0.25, 0.3) is 5.56 Å². The lowest BCUT2D eigenvalue weighted by atomic mass is 9.89. The van der Waals surface area contributed by atoms with E-state index < -0.39 is 0 Å². The molecule has 6 heteroatoms. The van der Waals surface area contributed by atoms with Crippen molar-refractivity contribution in [1.29, 1.82) is 0 Å². The van der Waals surface area contributed by atoms with Crippen LogP contribution in [0, 0.1) is 0 Å². The summed E-state index contributed by atoms with van der Waals surface area (Å²) in [7, 11) is 3.24. The summed E-state index contributed by atoms with van der Waals surface area (Å²) in [6.07, 6.45) is 3.28. The average Bonchev–Trinajstić information content (AvgIpc) is 2.73. The van der Waals surface area contributed by atoms with Crippen molar-refractivity contribution in [2.75, 3.05) is 14.2 Å². The fraction of sp³-hybridized carbons (Fsp3) is 0.143. The second-order valence-electron chi connectivity index (χ2n) is 6.06. The van der Waals surface area contributed by atoms with Crippen molar-refractivity contribution in [2.45, 2.75) is 5.92 Å². The molecule has 1 aromatic heterocycles. The van der Waals surface area contributed by atoms with Crippen molar-refractivity contribution >= 4 is 5.76 Å². The number of allylic oxidation sites excluding steroid dienone is 1. The van der Waals surface area contributed by atoms with Crippen LogP contribution in [-0.4, -0.2) is 24.2 Å². The van der Waals surface area contributed by atoms with E-state index >= 15 is 0 Å². The zero-order chi connectivity index (χ0) is 18.8. The Morgan fingerprint density at radius 2 is 1.59 bits per heavy atom. The van der Waals surface area contributed by atoms with Gasteiger partial charge >= 0.3 is 0 Å². The summed E-state index contributed by atoms with van der Waals surface area (Å²) in [4.78, 5) is 19.3. The lowest BCUT2D eigenvalue weighted by molar-refractivity contribution is 0.414. The van der Waals surface area contributed by atoms with Crippen molar-refractivity contribution in [3.8, 4) is 17.4 Å². The van der Waals surface area contributed by atoms with Gasteiger partial charge in [-0.15, -0.1) is 0 Å². The number of rotatable bonds is 4. The van der Waals surface area contributed by atoms with E-state index in [1.807, 2.05) is 54.6 Å². The van der Waals surface area contributed by atoms with E-state index in [1.54, 1.807) is 14.2 Å². The van der Waals surface area contributed by atoms with Crippen LogP contribution in [0.25, 0.3) is 5.76 Å². The van der Waals surface area contributed by atoms with Gasteiger partial charge in [-0.3, -0.25) is 4.79 Å². The van der Waals surface area contributed by atoms with Crippen LogP contribution in [0.3, 0.4) is 0 Å². The van der Waals surface area contributed by atoms with Gasteiger partial charge in [0, 0.05) is 11.5 Å². The fourth-order valence-corrected chi connectivity index (χ4v) is 3.11. The summed E-state index contributed by atoms with van der Waals surface area (Å²) < 4.78 is 16.4. The summed E-state index contributed by atoms with van der Waals surface area (Å²) in [5, 5.41) is 0. The molecule has 27 heavy (non-hydrogen) atoms. The lowest BCUT2D eigenvalue weighted by Gasteiger charge is -2.23. The number of benzene rings is 2. The Hall–Kier alpha value is -3.54. The van der Waals surface area contributed by atoms with Gasteiger partial charge in [-0.1, -0.05) is 12.1 Å². The predicted molar refractivity (Wildman–Crippen MR) is 101 cm³/mol. The van der Waals surface area contributed by atoms with Gasteiger partial charge in [0.2, 0.25) is 5.88 Å². The SMILES string of the molecule is COc1ccc(C2=CC(c3ccc(OC)cc3)c3c(nc[nH]c3=O)O2)cc1. The van der Waals surface area contributed by atoms with Gasteiger partial charge in [-0.2, -0.15) is 0 Å². The molecule has 4 rings (SSSR count). The maximum Gasteiger partial charge on any atom is 0.258 e. The van der Waals surface area contributed by atoms with Crippen molar-refractivity contribution in [3.05, 3.63) is 88.0 Å². The summed E-state index contributed by atoms with van der Waals surface area (Å²) in [5.74, 6) is 2.19. The maximum atomic E-state index is 12.5. The lowest BCUT2D eigenvalue weighted by Crippen LogP contribution is -2.22. The Kier molecular flexibility index (Phi) is 4.38. The molecule has 0 aliphatic carbocycles. The third-order valence-corrected chi connectivity index (χ3v) is 4.54. The van der Waals surface area contributed by atoms with Crippen LogP contribution in [0.2, 0.25) is 0 Å². The zero-order valence-corrected chi connectivity index (χ0v) is 14.9. The van der Waals surface area contributed by atoms with Crippen molar-refractivity contribution in [1.82, 2.24) is 9.97 Å². The summed E-state index contributed by atoms with van der Waals surface area (Å²) in [6.45, 7) is 0. The van der Waals surface area contributed by atoms with Crippen LogP contribution in [0.4, 0.5) is 0 Å². The van der Waals surface area contributed by atoms with E-state index in [1.165, 1.54) is 6.33 Å². The molecule has 0 saturated carbocycles. The number of methoxy groups -OCH3 is 2. The number of hydrogen-bond donors (Lipinski definition) is 1. The van der Waals surface area contributed by atoms with Crippen LogP contribution < -0.4 is 19.8 Å². The molecule has 1 aliphatic rings. The first kappa shape index (κ1) is 16.9. The van der Waals surface area contributed by atoms with Gasteiger partial charge in [0.05, 0.1) is 26.1 Å². The number of nitrogens with one attached hydrogen (secondary N) is 1. The number of aromatic amines is 1. The molecule has 136 valence electrons. The molecule has 0 saturated heterocycles. The molecule has 0 bridgehead atoms. The van der Waals surface area contributed by atoms with E-state index in [0.717, 1.165) is 22.6 Å². The Morgan fingerprint density at radius 1 is 0.963 bits per heavy atom. The van der Waals surface area contributed by atoms with Gasteiger partial charge in [-0.05, 0) is 48.0 Å². The monoisotopic (exact) mass is 362 g/mol. The van der Waals surface area contributed by atoms with Gasteiger partial charge in [-0.25, -0.2) is 4.98 Å². The Balaban J connectivity index is 1.82. The van der Waals surface area contributed by atoms with Crippen LogP contribution in [0.15, 0.2) is 65.7 Å². The first-order chi connectivity index (χ1) is 13.2. The highest BCUT2D eigenvalue weighted by Crippen LogP contribution is 2.38. The zero-order valence-electron chi connectivity index (χ0n) is 14.9. The molecular formula is C21H18N2O4. The molecule has 1 atom stereocenters.